The van der Waals surface area contributed by atoms with Crippen molar-refractivity contribution in [1.29, 1.82) is 0 Å². The summed E-state index contributed by atoms with van der Waals surface area (Å²) in [7, 11) is 0. The summed E-state index contributed by atoms with van der Waals surface area (Å²) in [4.78, 5) is 2.57. The molecule has 1 aromatic rings. The lowest BCUT2D eigenvalue weighted by molar-refractivity contribution is 0.0758. The van der Waals surface area contributed by atoms with Gasteiger partial charge in [0.15, 0.2) is 0 Å². The highest BCUT2D eigenvalue weighted by molar-refractivity contribution is 5.28. The number of rotatable bonds is 13. The van der Waals surface area contributed by atoms with Gasteiger partial charge >= 0.3 is 0 Å². The molecule has 1 saturated heterocycles. The Morgan fingerprint density at radius 2 is 1.97 bits per heavy atom. The van der Waals surface area contributed by atoms with E-state index in [0.29, 0.717) is 6.10 Å². The molecule has 30 heavy (non-hydrogen) atoms. The third-order valence-electron chi connectivity index (χ3n) is 5.66. The number of hydrogen-bond donors (Lipinski definition) is 1. The summed E-state index contributed by atoms with van der Waals surface area (Å²) in [6.45, 7) is 17.1. The molecule has 0 aromatic heterocycles. The zero-order chi connectivity index (χ0) is 21.8. The summed E-state index contributed by atoms with van der Waals surface area (Å²) in [6.07, 6.45) is 7.68. The average molecular weight is 419 g/mol. The fourth-order valence-corrected chi connectivity index (χ4v) is 3.98. The van der Waals surface area contributed by atoms with Crippen molar-refractivity contribution in [2.75, 3.05) is 39.4 Å². The van der Waals surface area contributed by atoms with Gasteiger partial charge in [-0.3, -0.25) is 4.90 Å². The highest BCUT2D eigenvalue weighted by atomic mass is 16.5. The van der Waals surface area contributed by atoms with E-state index in [2.05, 4.69) is 69.1 Å². The summed E-state index contributed by atoms with van der Waals surface area (Å²) in [6, 6.07) is 8.65. The smallest absolute Gasteiger partial charge is 0.119 e. The lowest BCUT2D eigenvalue weighted by Gasteiger charge is -2.34. The van der Waals surface area contributed by atoms with Crippen molar-refractivity contribution in [1.82, 2.24) is 10.2 Å². The quantitative estimate of drug-likeness (QED) is 0.441. The molecule has 2 rings (SSSR count). The van der Waals surface area contributed by atoms with Gasteiger partial charge in [0.1, 0.15) is 12.4 Å². The molecule has 1 unspecified atom stereocenters. The van der Waals surface area contributed by atoms with E-state index in [4.69, 9.17) is 9.47 Å². The zero-order valence-corrected chi connectivity index (χ0v) is 20.2. The fraction of sp³-hybridized carbons (Fsp3) is 0.769. The van der Waals surface area contributed by atoms with Gasteiger partial charge in [0.25, 0.3) is 0 Å². The number of ether oxygens (including phenoxy) is 2. The van der Waals surface area contributed by atoms with Crippen LogP contribution in [0.1, 0.15) is 72.3 Å². The number of hydrogen-bond acceptors (Lipinski definition) is 4. The molecular formula is C26H46N2O2. The van der Waals surface area contributed by atoms with E-state index >= 15 is 0 Å². The number of nitrogens with zero attached hydrogens (tertiary/aromatic N) is 1. The molecule has 1 fully saturated rings. The first-order chi connectivity index (χ1) is 14.3. The first-order valence-electron chi connectivity index (χ1n) is 12.1. The van der Waals surface area contributed by atoms with Crippen LogP contribution in [0.25, 0.3) is 0 Å². The largest absolute Gasteiger partial charge is 0.492 e. The van der Waals surface area contributed by atoms with Crippen LogP contribution >= 0.6 is 0 Å². The first kappa shape index (κ1) is 25.2. The Hall–Kier alpha value is -1.10. The highest BCUT2D eigenvalue weighted by Crippen LogP contribution is 2.18. The van der Waals surface area contributed by atoms with Crippen molar-refractivity contribution >= 4 is 0 Å². The van der Waals surface area contributed by atoms with Crippen LogP contribution in [0.4, 0.5) is 0 Å². The molecule has 0 radical (unpaired) electrons. The van der Waals surface area contributed by atoms with Crippen molar-refractivity contribution in [2.24, 2.45) is 5.92 Å². The van der Waals surface area contributed by atoms with Crippen LogP contribution in [0.3, 0.4) is 0 Å². The Kier molecular flexibility index (Phi) is 11.2. The Balaban J connectivity index is 1.63. The lowest BCUT2D eigenvalue weighted by atomic mass is 9.96. The normalized spacial score (nSPS) is 18.1. The Bertz CT molecular complexity index is 583. The molecule has 0 saturated carbocycles. The van der Waals surface area contributed by atoms with Crippen LogP contribution in [0.2, 0.25) is 0 Å². The van der Waals surface area contributed by atoms with Crippen LogP contribution in [-0.2, 0) is 11.2 Å². The van der Waals surface area contributed by atoms with Gasteiger partial charge in [-0.2, -0.15) is 0 Å². The molecular weight excluding hydrogens is 372 g/mol. The van der Waals surface area contributed by atoms with Gasteiger partial charge in [-0.1, -0.05) is 18.6 Å². The summed E-state index contributed by atoms with van der Waals surface area (Å²) in [5.41, 5.74) is 1.58. The minimum atomic E-state index is 0.207. The Morgan fingerprint density at radius 3 is 2.73 bits per heavy atom. The molecule has 1 aliphatic heterocycles. The lowest BCUT2D eigenvalue weighted by Crippen LogP contribution is -2.45. The van der Waals surface area contributed by atoms with Crippen molar-refractivity contribution < 1.29 is 9.47 Å². The summed E-state index contributed by atoms with van der Waals surface area (Å²) < 4.78 is 11.7. The molecule has 0 aliphatic carbocycles. The van der Waals surface area contributed by atoms with Crippen molar-refractivity contribution in [3.8, 4) is 5.75 Å². The second kappa shape index (κ2) is 13.3. The van der Waals surface area contributed by atoms with Crippen LogP contribution in [-0.4, -0.2) is 55.9 Å². The number of benzene rings is 1. The number of piperidine rings is 1. The van der Waals surface area contributed by atoms with Crippen molar-refractivity contribution in [3.05, 3.63) is 29.8 Å². The maximum absolute atomic E-state index is 6.09. The van der Waals surface area contributed by atoms with Gasteiger partial charge in [-0.25, -0.2) is 0 Å². The zero-order valence-electron chi connectivity index (χ0n) is 20.2. The van der Waals surface area contributed by atoms with Gasteiger partial charge < -0.3 is 14.8 Å². The van der Waals surface area contributed by atoms with E-state index < -0.39 is 0 Å². The molecule has 1 aromatic carbocycles. The second-order valence-electron chi connectivity index (χ2n) is 10.2. The summed E-state index contributed by atoms with van der Waals surface area (Å²) in [5, 5.41) is 3.67. The molecule has 0 spiro atoms. The van der Waals surface area contributed by atoms with E-state index in [1.807, 2.05) is 0 Å². The molecule has 1 N–H and O–H groups in total. The molecule has 0 bridgehead atoms. The first-order valence-corrected chi connectivity index (χ1v) is 12.1. The van der Waals surface area contributed by atoms with Gasteiger partial charge in [-0.15, -0.1) is 0 Å². The average Bonchev–Trinajstić information content (AvgIpc) is 2.69. The van der Waals surface area contributed by atoms with Crippen LogP contribution in [0.15, 0.2) is 24.3 Å². The van der Waals surface area contributed by atoms with Crippen LogP contribution < -0.4 is 10.1 Å². The summed E-state index contributed by atoms with van der Waals surface area (Å²) in [5.74, 6) is 1.77. The SMILES string of the molecule is CC(C)OCCCCCc1cccc(OCCN2CCCC(CNC(C)(C)C)C2)c1. The van der Waals surface area contributed by atoms with E-state index in [0.717, 1.165) is 50.8 Å². The Labute approximate surface area is 185 Å². The molecule has 0 amide bonds. The van der Waals surface area contributed by atoms with E-state index in [-0.39, 0.29) is 5.54 Å². The minimum Gasteiger partial charge on any atom is -0.492 e. The molecule has 4 heteroatoms. The van der Waals surface area contributed by atoms with Gasteiger partial charge in [0.05, 0.1) is 6.10 Å². The van der Waals surface area contributed by atoms with Gasteiger partial charge in [0, 0.05) is 25.2 Å². The predicted molar refractivity (Wildman–Crippen MR) is 127 cm³/mol. The van der Waals surface area contributed by atoms with Crippen molar-refractivity contribution in [2.45, 2.75) is 84.8 Å². The number of aryl methyl sites for hydroxylation is 1. The number of nitrogens with one attached hydrogen (secondary N) is 1. The maximum Gasteiger partial charge on any atom is 0.119 e. The maximum atomic E-state index is 6.09. The predicted octanol–water partition coefficient (Wildman–Crippen LogP) is 5.30. The monoisotopic (exact) mass is 418 g/mol. The fourth-order valence-electron chi connectivity index (χ4n) is 3.98. The topological polar surface area (TPSA) is 33.7 Å². The number of likely N-dealkylation sites (tertiary alicyclic amines) is 1. The molecule has 4 nitrogen and oxygen atoms in total. The molecule has 1 aliphatic rings. The molecule has 172 valence electrons. The third-order valence-corrected chi connectivity index (χ3v) is 5.66. The van der Waals surface area contributed by atoms with Gasteiger partial charge in [-0.05, 0) is 103 Å². The van der Waals surface area contributed by atoms with Crippen LogP contribution in [0, 0.1) is 5.92 Å². The van der Waals surface area contributed by atoms with Crippen molar-refractivity contribution in [3.63, 3.8) is 0 Å². The summed E-state index contributed by atoms with van der Waals surface area (Å²) >= 11 is 0. The second-order valence-corrected chi connectivity index (χ2v) is 10.2. The highest BCUT2D eigenvalue weighted by Gasteiger charge is 2.21. The van der Waals surface area contributed by atoms with E-state index in [9.17, 15) is 0 Å². The van der Waals surface area contributed by atoms with Crippen LogP contribution in [0.5, 0.6) is 5.75 Å². The standard InChI is InChI=1S/C26H46N2O2/c1-22(2)29-17-8-6-7-11-23-12-9-14-25(19-23)30-18-16-28-15-10-13-24(21-28)20-27-26(3,4)5/h9,12,14,19,22,24,27H,6-8,10-11,13,15-18,20-21H2,1-5H3. The van der Waals surface area contributed by atoms with Gasteiger partial charge in [0.2, 0.25) is 0 Å². The Morgan fingerprint density at radius 1 is 1.13 bits per heavy atom. The minimum absolute atomic E-state index is 0.207. The van der Waals surface area contributed by atoms with E-state index in [1.54, 1.807) is 0 Å². The molecule has 1 atom stereocenters. The third kappa shape index (κ3) is 11.3. The van der Waals surface area contributed by atoms with E-state index in [1.165, 1.54) is 44.3 Å². The molecule has 1 heterocycles. The number of unbranched alkanes of at least 4 members (excludes halogenated alkanes) is 2.